The summed E-state index contributed by atoms with van der Waals surface area (Å²) in [6.07, 6.45) is 12.5. The van der Waals surface area contributed by atoms with Crippen LogP contribution in [0.2, 0.25) is 0 Å². The van der Waals surface area contributed by atoms with E-state index >= 15 is 0 Å². The quantitative estimate of drug-likeness (QED) is 0.598. The number of hydrogen-bond donors (Lipinski definition) is 2. The molecule has 0 saturated heterocycles. The van der Waals surface area contributed by atoms with Crippen molar-refractivity contribution in [3.63, 3.8) is 0 Å². The summed E-state index contributed by atoms with van der Waals surface area (Å²) in [5, 5.41) is 20.3. The Hall–Kier alpha value is -1.44. The van der Waals surface area contributed by atoms with Gasteiger partial charge < -0.3 is 10.2 Å². The summed E-state index contributed by atoms with van der Waals surface area (Å²) in [5.74, 6) is 3.56. The second-order valence-corrected chi connectivity index (χ2v) is 8.37. The zero-order valence-electron chi connectivity index (χ0n) is 13.0. The van der Waals surface area contributed by atoms with E-state index in [1.54, 1.807) is 17.7 Å². The molecule has 5 aliphatic rings. The van der Waals surface area contributed by atoms with E-state index in [4.69, 9.17) is 0 Å². The first-order valence-corrected chi connectivity index (χ1v) is 8.85. The van der Waals surface area contributed by atoms with E-state index in [0.29, 0.717) is 16.9 Å². The minimum Gasteiger partial charge on any atom is -0.508 e. The molecule has 0 spiro atoms. The molecule has 1 aromatic rings. The third kappa shape index (κ3) is 1.73. The Morgan fingerprint density at radius 3 is 1.95 bits per heavy atom. The van der Waals surface area contributed by atoms with E-state index in [-0.39, 0.29) is 0 Å². The Kier molecular flexibility index (Phi) is 2.55. The van der Waals surface area contributed by atoms with E-state index in [2.05, 4.69) is 6.08 Å². The summed E-state index contributed by atoms with van der Waals surface area (Å²) in [6, 6.07) is 3.27. The molecule has 4 bridgehead atoms. The van der Waals surface area contributed by atoms with Crippen LogP contribution >= 0.6 is 0 Å². The van der Waals surface area contributed by atoms with Gasteiger partial charge in [-0.25, -0.2) is 0 Å². The zero-order chi connectivity index (χ0) is 14.9. The molecular weight excluding hydrogens is 272 g/mol. The lowest BCUT2D eigenvalue weighted by atomic mass is 9.47. The summed E-state index contributed by atoms with van der Waals surface area (Å²) in [5.41, 5.74) is 3.91. The molecule has 4 saturated carbocycles. The minimum atomic E-state index is 0.341. The number of phenolic OH excluding ortho intramolecular Hbond substituents is 2. The van der Waals surface area contributed by atoms with Crippen molar-refractivity contribution in [2.75, 3.05) is 0 Å². The summed E-state index contributed by atoms with van der Waals surface area (Å²) in [6.45, 7) is 0. The monoisotopic (exact) mass is 296 g/mol. The molecule has 0 aliphatic heterocycles. The molecule has 2 heteroatoms. The predicted molar refractivity (Wildman–Crippen MR) is 85.9 cm³/mol. The van der Waals surface area contributed by atoms with Crippen LogP contribution in [0.4, 0.5) is 0 Å². The van der Waals surface area contributed by atoms with E-state index in [0.717, 1.165) is 41.7 Å². The standard InChI is InChI=1S/C20H24O2/c21-18-3-4-19(22)17-8-15(1-2-16(17)18)20-9-12-5-13(10-20)7-14(6-12)11-20/h1,3-4,12-14,21-22H,2,5-11H2. The van der Waals surface area contributed by atoms with Gasteiger partial charge in [0.2, 0.25) is 0 Å². The summed E-state index contributed by atoms with van der Waals surface area (Å²) in [7, 11) is 0. The molecule has 4 fully saturated rings. The van der Waals surface area contributed by atoms with Crippen LogP contribution in [0.5, 0.6) is 11.5 Å². The molecule has 22 heavy (non-hydrogen) atoms. The van der Waals surface area contributed by atoms with Crippen molar-refractivity contribution in [3.8, 4) is 11.5 Å². The highest BCUT2D eigenvalue weighted by molar-refractivity contribution is 5.53. The minimum absolute atomic E-state index is 0.341. The Balaban J connectivity index is 1.53. The number of rotatable bonds is 1. The molecule has 0 unspecified atom stereocenters. The molecule has 1 aromatic carbocycles. The first-order chi connectivity index (χ1) is 10.6. The van der Waals surface area contributed by atoms with E-state index in [1.165, 1.54) is 38.5 Å². The lowest BCUT2D eigenvalue weighted by Crippen LogP contribution is -2.47. The van der Waals surface area contributed by atoms with Gasteiger partial charge in [0.25, 0.3) is 0 Å². The molecule has 0 amide bonds. The number of allylic oxidation sites excluding steroid dienone is 2. The van der Waals surface area contributed by atoms with Gasteiger partial charge in [-0.1, -0.05) is 11.6 Å². The van der Waals surface area contributed by atoms with Crippen molar-refractivity contribution < 1.29 is 10.2 Å². The first-order valence-electron chi connectivity index (χ1n) is 8.85. The fourth-order valence-corrected chi connectivity index (χ4v) is 6.49. The van der Waals surface area contributed by atoms with Crippen molar-refractivity contribution in [1.82, 2.24) is 0 Å². The number of hydrogen-bond acceptors (Lipinski definition) is 2. The maximum atomic E-state index is 10.2. The Morgan fingerprint density at radius 1 is 0.818 bits per heavy atom. The Morgan fingerprint density at radius 2 is 1.36 bits per heavy atom. The van der Waals surface area contributed by atoms with Gasteiger partial charge in [-0.15, -0.1) is 0 Å². The van der Waals surface area contributed by atoms with Crippen LogP contribution in [0.15, 0.2) is 23.8 Å². The third-order valence-electron chi connectivity index (χ3n) is 7.02. The van der Waals surface area contributed by atoms with Gasteiger partial charge in [-0.2, -0.15) is 0 Å². The van der Waals surface area contributed by atoms with Gasteiger partial charge in [0, 0.05) is 11.1 Å². The third-order valence-corrected chi connectivity index (χ3v) is 7.02. The topological polar surface area (TPSA) is 40.5 Å². The van der Waals surface area contributed by atoms with Crippen LogP contribution in [0.1, 0.15) is 49.7 Å². The highest BCUT2D eigenvalue weighted by Crippen LogP contribution is 2.63. The predicted octanol–water partition coefficient (Wildman–Crippen LogP) is 4.34. The molecule has 116 valence electrons. The number of benzene rings is 1. The SMILES string of the molecule is Oc1ccc(O)c2c1CC=C(C13CC4CC(CC(C4)C1)C3)C2. The maximum absolute atomic E-state index is 10.2. The molecule has 5 aliphatic carbocycles. The molecule has 2 N–H and O–H groups in total. The molecule has 0 heterocycles. The first kappa shape index (κ1) is 13.0. The summed E-state index contributed by atoms with van der Waals surface area (Å²) >= 11 is 0. The fraction of sp³-hybridized carbons (Fsp3) is 0.600. The Bertz CT molecular complexity index is 635. The van der Waals surface area contributed by atoms with Crippen LogP contribution in [0.25, 0.3) is 0 Å². The average Bonchev–Trinajstić information content (AvgIpc) is 2.49. The number of aromatic hydroxyl groups is 2. The van der Waals surface area contributed by atoms with Gasteiger partial charge in [0.15, 0.2) is 0 Å². The zero-order valence-corrected chi connectivity index (χ0v) is 13.0. The van der Waals surface area contributed by atoms with Crippen LogP contribution in [0.3, 0.4) is 0 Å². The smallest absolute Gasteiger partial charge is 0.119 e. The van der Waals surface area contributed by atoms with Gasteiger partial charge in [0.05, 0.1) is 0 Å². The van der Waals surface area contributed by atoms with Gasteiger partial charge in [-0.05, 0) is 86.7 Å². The maximum Gasteiger partial charge on any atom is 0.119 e. The second-order valence-electron chi connectivity index (χ2n) is 8.37. The summed E-state index contributed by atoms with van der Waals surface area (Å²) in [4.78, 5) is 0. The lowest BCUT2D eigenvalue weighted by molar-refractivity contribution is -0.0319. The fourth-order valence-electron chi connectivity index (χ4n) is 6.49. The molecule has 0 radical (unpaired) electrons. The van der Waals surface area contributed by atoms with Gasteiger partial charge in [0.1, 0.15) is 11.5 Å². The van der Waals surface area contributed by atoms with Crippen LogP contribution in [-0.4, -0.2) is 10.2 Å². The number of fused-ring (bicyclic) bond motifs is 1. The lowest BCUT2D eigenvalue weighted by Gasteiger charge is -2.58. The second kappa shape index (κ2) is 4.31. The average molecular weight is 296 g/mol. The van der Waals surface area contributed by atoms with Crippen LogP contribution < -0.4 is 0 Å². The van der Waals surface area contributed by atoms with Gasteiger partial charge >= 0.3 is 0 Å². The molecule has 0 atom stereocenters. The van der Waals surface area contributed by atoms with Crippen molar-refractivity contribution in [1.29, 1.82) is 0 Å². The van der Waals surface area contributed by atoms with Crippen molar-refractivity contribution in [2.24, 2.45) is 23.2 Å². The molecule has 2 nitrogen and oxygen atoms in total. The number of phenols is 2. The van der Waals surface area contributed by atoms with E-state index in [9.17, 15) is 10.2 Å². The van der Waals surface area contributed by atoms with E-state index in [1.807, 2.05) is 0 Å². The highest BCUT2D eigenvalue weighted by atomic mass is 16.3. The summed E-state index contributed by atoms with van der Waals surface area (Å²) < 4.78 is 0. The molecular formula is C20H24O2. The van der Waals surface area contributed by atoms with Crippen molar-refractivity contribution in [3.05, 3.63) is 34.9 Å². The van der Waals surface area contributed by atoms with Crippen molar-refractivity contribution in [2.45, 2.75) is 51.4 Å². The van der Waals surface area contributed by atoms with E-state index < -0.39 is 0 Å². The highest BCUT2D eigenvalue weighted by Gasteiger charge is 2.52. The van der Waals surface area contributed by atoms with Crippen LogP contribution in [0, 0.1) is 23.2 Å². The normalized spacial score (nSPS) is 38.7. The van der Waals surface area contributed by atoms with Crippen LogP contribution in [-0.2, 0) is 12.8 Å². The Labute approximate surface area is 131 Å². The van der Waals surface area contributed by atoms with Crippen molar-refractivity contribution >= 4 is 0 Å². The molecule has 0 aromatic heterocycles. The largest absolute Gasteiger partial charge is 0.508 e. The molecule has 6 rings (SSSR count). The van der Waals surface area contributed by atoms with Gasteiger partial charge in [-0.3, -0.25) is 0 Å².